The molecular weight excluding hydrogens is 288 g/mol. The first kappa shape index (κ1) is 19.8. The van der Waals surface area contributed by atoms with Gasteiger partial charge in [0.15, 0.2) is 5.96 Å². The highest BCUT2D eigenvalue weighted by molar-refractivity contribution is 5.80. The summed E-state index contributed by atoms with van der Waals surface area (Å²) in [5, 5.41) is 9.53. The Kier molecular flexibility index (Phi) is 10.5. The quantitative estimate of drug-likeness (QED) is 0.329. The van der Waals surface area contributed by atoms with E-state index < -0.39 is 0 Å². The van der Waals surface area contributed by atoms with Gasteiger partial charge in [0.25, 0.3) is 0 Å². The third kappa shape index (κ3) is 10.2. The van der Waals surface area contributed by atoms with Crippen molar-refractivity contribution < 1.29 is 4.79 Å². The summed E-state index contributed by atoms with van der Waals surface area (Å²) >= 11 is 0. The summed E-state index contributed by atoms with van der Waals surface area (Å²) in [6.07, 6.45) is 8.05. The maximum atomic E-state index is 11.9. The molecule has 5 nitrogen and oxygen atoms in total. The fourth-order valence-corrected chi connectivity index (χ4v) is 2.96. The van der Waals surface area contributed by atoms with Crippen molar-refractivity contribution >= 4 is 11.9 Å². The first-order chi connectivity index (χ1) is 11.1. The number of nitrogens with one attached hydrogen (secondary N) is 3. The van der Waals surface area contributed by atoms with Crippen LogP contribution in [0.15, 0.2) is 4.99 Å². The van der Waals surface area contributed by atoms with Crippen LogP contribution in [0.5, 0.6) is 0 Å². The molecule has 0 spiro atoms. The molecule has 23 heavy (non-hydrogen) atoms. The lowest BCUT2D eigenvalue weighted by molar-refractivity contribution is -0.121. The Morgan fingerprint density at radius 2 is 1.83 bits per heavy atom. The number of rotatable bonds is 10. The molecule has 0 radical (unpaired) electrons. The smallest absolute Gasteiger partial charge is 0.220 e. The summed E-state index contributed by atoms with van der Waals surface area (Å²) in [7, 11) is 0. The average molecular weight is 325 g/mol. The Hall–Kier alpha value is -1.26. The molecule has 0 aromatic heterocycles. The van der Waals surface area contributed by atoms with E-state index in [0.717, 1.165) is 31.4 Å². The van der Waals surface area contributed by atoms with Crippen LogP contribution in [0.4, 0.5) is 0 Å². The fraction of sp³-hybridized carbons (Fsp3) is 0.889. The lowest BCUT2D eigenvalue weighted by atomic mass is 10.0. The summed E-state index contributed by atoms with van der Waals surface area (Å²) in [4.78, 5) is 16.4. The molecule has 1 aliphatic carbocycles. The van der Waals surface area contributed by atoms with E-state index in [1.807, 2.05) is 0 Å². The molecule has 134 valence electrons. The normalized spacial score (nSPS) is 15.9. The van der Waals surface area contributed by atoms with Gasteiger partial charge in [-0.1, -0.05) is 26.7 Å². The maximum absolute atomic E-state index is 11.9. The standard InChI is InChI=1S/C18H36N4O/c1-4-19-18(21-11-7-8-15(2)3)22-13-12-20-17(23)14-16-9-5-6-10-16/h15-16H,4-14H2,1-3H3,(H,20,23)(H2,19,21,22). The molecule has 5 heteroatoms. The molecule has 1 aliphatic rings. The molecule has 0 unspecified atom stereocenters. The van der Waals surface area contributed by atoms with Gasteiger partial charge in [0.2, 0.25) is 5.91 Å². The number of hydrogen-bond acceptors (Lipinski definition) is 2. The van der Waals surface area contributed by atoms with Crippen LogP contribution in [-0.4, -0.2) is 38.0 Å². The van der Waals surface area contributed by atoms with Crippen LogP contribution >= 0.6 is 0 Å². The minimum absolute atomic E-state index is 0.192. The first-order valence-corrected chi connectivity index (χ1v) is 9.40. The second-order valence-electron chi connectivity index (χ2n) is 6.93. The van der Waals surface area contributed by atoms with E-state index >= 15 is 0 Å². The summed E-state index contributed by atoms with van der Waals surface area (Å²) in [6, 6.07) is 0. The molecule has 3 N–H and O–H groups in total. The third-order valence-corrected chi connectivity index (χ3v) is 4.24. The molecule has 0 atom stereocenters. The van der Waals surface area contributed by atoms with Crippen molar-refractivity contribution in [3.8, 4) is 0 Å². The van der Waals surface area contributed by atoms with Crippen LogP contribution in [0.1, 0.15) is 65.7 Å². The van der Waals surface area contributed by atoms with Gasteiger partial charge >= 0.3 is 0 Å². The van der Waals surface area contributed by atoms with Gasteiger partial charge in [-0.2, -0.15) is 0 Å². The molecule has 0 saturated heterocycles. The van der Waals surface area contributed by atoms with Gasteiger partial charge in [-0.15, -0.1) is 0 Å². The first-order valence-electron chi connectivity index (χ1n) is 9.40. The zero-order valence-corrected chi connectivity index (χ0v) is 15.3. The van der Waals surface area contributed by atoms with Gasteiger partial charge in [-0.3, -0.25) is 9.79 Å². The van der Waals surface area contributed by atoms with Crippen LogP contribution in [-0.2, 0) is 4.79 Å². The van der Waals surface area contributed by atoms with Gasteiger partial charge in [0, 0.05) is 32.6 Å². The lowest BCUT2D eigenvalue weighted by Gasteiger charge is -2.13. The highest BCUT2D eigenvalue weighted by Gasteiger charge is 2.17. The van der Waals surface area contributed by atoms with Crippen LogP contribution in [0, 0.1) is 11.8 Å². The van der Waals surface area contributed by atoms with Gasteiger partial charge in [-0.25, -0.2) is 0 Å². The maximum Gasteiger partial charge on any atom is 0.220 e. The van der Waals surface area contributed by atoms with Crippen molar-refractivity contribution in [2.45, 2.75) is 65.7 Å². The number of guanidine groups is 1. The van der Waals surface area contributed by atoms with Crippen LogP contribution in [0.3, 0.4) is 0 Å². The number of amides is 1. The predicted molar refractivity (Wildman–Crippen MR) is 97.6 cm³/mol. The number of nitrogens with zero attached hydrogens (tertiary/aromatic N) is 1. The number of hydrogen-bond donors (Lipinski definition) is 3. The van der Waals surface area contributed by atoms with Crippen molar-refractivity contribution in [1.29, 1.82) is 0 Å². The SMILES string of the molecule is CCNC(=NCCCC(C)C)NCCNC(=O)CC1CCCC1. The van der Waals surface area contributed by atoms with Crippen molar-refractivity contribution in [1.82, 2.24) is 16.0 Å². The number of carbonyl (C=O) groups is 1. The van der Waals surface area contributed by atoms with Crippen LogP contribution < -0.4 is 16.0 Å². The Balaban J connectivity index is 2.13. The number of carbonyl (C=O) groups excluding carboxylic acids is 1. The molecule has 0 aromatic carbocycles. The summed E-state index contributed by atoms with van der Waals surface area (Å²) in [5.74, 6) is 2.39. The van der Waals surface area contributed by atoms with E-state index in [4.69, 9.17) is 0 Å². The zero-order valence-electron chi connectivity index (χ0n) is 15.3. The fourth-order valence-electron chi connectivity index (χ4n) is 2.96. The molecule has 0 aliphatic heterocycles. The molecule has 0 aromatic rings. The van der Waals surface area contributed by atoms with Crippen molar-refractivity contribution in [3.05, 3.63) is 0 Å². The summed E-state index contributed by atoms with van der Waals surface area (Å²) in [5.41, 5.74) is 0. The largest absolute Gasteiger partial charge is 0.357 e. The van der Waals surface area contributed by atoms with Crippen LogP contribution in [0.25, 0.3) is 0 Å². The molecule has 1 saturated carbocycles. The highest BCUT2D eigenvalue weighted by atomic mass is 16.1. The van der Waals surface area contributed by atoms with Gasteiger partial charge < -0.3 is 16.0 Å². The van der Waals surface area contributed by atoms with Crippen LogP contribution in [0.2, 0.25) is 0 Å². The molecule has 0 bridgehead atoms. The average Bonchev–Trinajstić information content (AvgIpc) is 3.00. The highest BCUT2D eigenvalue weighted by Crippen LogP contribution is 2.27. The molecule has 1 rings (SSSR count). The summed E-state index contributed by atoms with van der Waals surface area (Å²) < 4.78 is 0. The van der Waals surface area contributed by atoms with Gasteiger partial charge in [0.1, 0.15) is 0 Å². The van der Waals surface area contributed by atoms with Crippen molar-refractivity contribution in [3.63, 3.8) is 0 Å². The van der Waals surface area contributed by atoms with E-state index in [2.05, 4.69) is 41.7 Å². The van der Waals surface area contributed by atoms with E-state index in [0.29, 0.717) is 25.4 Å². The second kappa shape index (κ2) is 12.2. The predicted octanol–water partition coefficient (Wildman–Crippen LogP) is 2.67. The minimum Gasteiger partial charge on any atom is -0.357 e. The van der Waals surface area contributed by atoms with Crippen molar-refractivity contribution in [2.75, 3.05) is 26.2 Å². The molecule has 1 fully saturated rings. The van der Waals surface area contributed by atoms with E-state index in [1.165, 1.54) is 32.1 Å². The van der Waals surface area contributed by atoms with E-state index in [1.54, 1.807) is 0 Å². The minimum atomic E-state index is 0.192. The van der Waals surface area contributed by atoms with Gasteiger partial charge in [-0.05, 0) is 44.4 Å². The third-order valence-electron chi connectivity index (χ3n) is 4.24. The molecule has 0 heterocycles. The Morgan fingerprint density at radius 1 is 1.13 bits per heavy atom. The topological polar surface area (TPSA) is 65.5 Å². The Morgan fingerprint density at radius 3 is 2.48 bits per heavy atom. The van der Waals surface area contributed by atoms with Gasteiger partial charge in [0.05, 0.1) is 0 Å². The molecular formula is C18H36N4O. The van der Waals surface area contributed by atoms with E-state index in [-0.39, 0.29) is 5.91 Å². The monoisotopic (exact) mass is 324 g/mol. The Bertz CT molecular complexity index is 349. The zero-order chi connectivity index (χ0) is 16.9. The molecule has 1 amide bonds. The van der Waals surface area contributed by atoms with Crippen molar-refractivity contribution in [2.24, 2.45) is 16.8 Å². The van der Waals surface area contributed by atoms with E-state index in [9.17, 15) is 4.79 Å². The lowest BCUT2D eigenvalue weighted by Crippen LogP contribution is -2.41. The Labute approximate surface area is 142 Å². The second-order valence-corrected chi connectivity index (χ2v) is 6.93. The number of aliphatic imine (C=N–C) groups is 1. The summed E-state index contributed by atoms with van der Waals surface area (Å²) in [6.45, 7) is 9.61.